The van der Waals surface area contributed by atoms with Crippen LogP contribution in [0.15, 0.2) is 35.5 Å². The number of carboxylic acids is 1. The summed E-state index contributed by atoms with van der Waals surface area (Å²) in [6.45, 7) is 8.67. The molecule has 0 saturated heterocycles. The lowest BCUT2D eigenvalue weighted by atomic mass is 9.60. The van der Waals surface area contributed by atoms with Gasteiger partial charge in [-0.25, -0.2) is 0 Å². The van der Waals surface area contributed by atoms with Gasteiger partial charge in [0.1, 0.15) is 0 Å². The van der Waals surface area contributed by atoms with Crippen LogP contribution in [0.25, 0.3) is 0 Å². The van der Waals surface area contributed by atoms with E-state index in [4.69, 9.17) is 5.11 Å². The Balaban J connectivity index is 1.76. The molecule has 0 aliphatic heterocycles. The molecule has 3 aliphatic carbocycles. The first kappa shape index (κ1) is 21.3. The second kappa shape index (κ2) is 8.54. The molecule has 0 amide bonds. The maximum Gasteiger partial charge on any atom is 0.303 e. The summed E-state index contributed by atoms with van der Waals surface area (Å²) < 4.78 is 0. The molecule has 3 aliphatic rings. The third-order valence-corrected chi connectivity index (χ3v) is 7.80. The Kier molecular flexibility index (Phi) is 6.51. The van der Waals surface area contributed by atoms with Crippen molar-refractivity contribution < 1.29 is 20.1 Å². The molecule has 0 heterocycles. The summed E-state index contributed by atoms with van der Waals surface area (Å²) in [4.78, 5) is 11.0. The van der Waals surface area contributed by atoms with Gasteiger partial charge in [-0.1, -0.05) is 38.2 Å². The van der Waals surface area contributed by atoms with Gasteiger partial charge >= 0.3 is 5.97 Å². The number of allylic oxidation sites excluding steroid dienone is 3. The largest absolute Gasteiger partial charge is 0.481 e. The maximum atomic E-state index is 11.0. The number of fused-ring (bicyclic) bond motifs is 1. The van der Waals surface area contributed by atoms with Gasteiger partial charge in [-0.3, -0.25) is 4.79 Å². The zero-order valence-corrected chi connectivity index (χ0v) is 17.4. The van der Waals surface area contributed by atoms with Crippen molar-refractivity contribution in [3.63, 3.8) is 0 Å². The monoisotopic (exact) mass is 388 g/mol. The van der Waals surface area contributed by atoms with Crippen LogP contribution in [0.3, 0.4) is 0 Å². The quantitative estimate of drug-likeness (QED) is 0.642. The molecular formula is C24H36O4. The Morgan fingerprint density at radius 3 is 2.79 bits per heavy atom. The van der Waals surface area contributed by atoms with E-state index < -0.39 is 18.2 Å². The average molecular weight is 389 g/mol. The Morgan fingerprint density at radius 1 is 1.32 bits per heavy atom. The Morgan fingerprint density at radius 2 is 2.07 bits per heavy atom. The van der Waals surface area contributed by atoms with E-state index in [-0.39, 0.29) is 11.8 Å². The predicted molar refractivity (Wildman–Crippen MR) is 111 cm³/mol. The minimum absolute atomic E-state index is 0.253. The zero-order chi connectivity index (χ0) is 20.5. The van der Waals surface area contributed by atoms with E-state index in [1.165, 1.54) is 31.3 Å². The lowest BCUT2D eigenvalue weighted by Gasteiger charge is -2.44. The molecule has 3 saturated carbocycles. The molecule has 156 valence electrons. The highest BCUT2D eigenvalue weighted by Gasteiger charge is 2.50. The smallest absolute Gasteiger partial charge is 0.303 e. The van der Waals surface area contributed by atoms with Crippen LogP contribution in [0.4, 0.5) is 0 Å². The molecular weight excluding hydrogens is 352 g/mol. The molecule has 3 rings (SSSR count). The fraction of sp³-hybridized carbons (Fsp3) is 0.708. The first-order valence-electron chi connectivity index (χ1n) is 10.9. The summed E-state index contributed by atoms with van der Waals surface area (Å²) in [7, 11) is 0. The lowest BCUT2D eigenvalue weighted by molar-refractivity contribution is -0.137. The SMILES string of the molecule is C=C1/C(=C/C=C2\CCC[C@]3(C)[C@@H]([C@H](C)CCC(=O)O)CC[C@@H]23)C[C@@H](O)C[C@@H]1O. The normalized spacial score (nSPS) is 39.9. The van der Waals surface area contributed by atoms with Crippen molar-refractivity contribution >= 4 is 5.97 Å². The lowest BCUT2D eigenvalue weighted by Crippen LogP contribution is -2.36. The Labute approximate surface area is 169 Å². The molecule has 6 atom stereocenters. The first-order valence-corrected chi connectivity index (χ1v) is 10.9. The van der Waals surface area contributed by atoms with E-state index >= 15 is 0 Å². The van der Waals surface area contributed by atoms with Crippen molar-refractivity contribution in [2.75, 3.05) is 0 Å². The third-order valence-electron chi connectivity index (χ3n) is 7.80. The number of hydrogen-bond donors (Lipinski definition) is 3. The number of aliphatic hydroxyl groups is 2. The summed E-state index contributed by atoms with van der Waals surface area (Å²) in [5.41, 5.74) is 3.45. The Hall–Kier alpha value is -1.39. The van der Waals surface area contributed by atoms with Crippen LogP contribution in [-0.4, -0.2) is 33.5 Å². The molecule has 0 aromatic carbocycles. The van der Waals surface area contributed by atoms with Gasteiger partial charge in [0.2, 0.25) is 0 Å². The molecule has 0 spiro atoms. The predicted octanol–water partition coefficient (Wildman–Crippen LogP) is 4.63. The second-order valence-electron chi connectivity index (χ2n) is 9.57. The highest BCUT2D eigenvalue weighted by atomic mass is 16.4. The highest BCUT2D eigenvalue weighted by Crippen LogP contribution is 2.59. The van der Waals surface area contributed by atoms with Crippen LogP contribution < -0.4 is 0 Å². The molecule has 0 radical (unpaired) electrons. The number of rotatable bonds is 5. The third kappa shape index (κ3) is 4.28. The van der Waals surface area contributed by atoms with Crippen LogP contribution in [0.1, 0.15) is 71.6 Å². The van der Waals surface area contributed by atoms with Gasteiger partial charge in [-0.05, 0) is 79.3 Å². The van der Waals surface area contributed by atoms with Gasteiger partial charge in [0, 0.05) is 12.8 Å². The van der Waals surface area contributed by atoms with E-state index in [0.29, 0.717) is 30.6 Å². The number of carbonyl (C=O) groups is 1. The summed E-state index contributed by atoms with van der Waals surface area (Å²) in [5, 5.41) is 29.1. The molecule has 0 bridgehead atoms. The van der Waals surface area contributed by atoms with E-state index in [2.05, 4.69) is 32.6 Å². The molecule has 28 heavy (non-hydrogen) atoms. The average Bonchev–Trinajstić information content (AvgIpc) is 2.99. The van der Waals surface area contributed by atoms with Crippen LogP contribution in [0.5, 0.6) is 0 Å². The fourth-order valence-corrected chi connectivity index (χ4v) is 6.23. The molecule has 0 aromatic heterocycles. The van der Waals surface area contributed by atoms with Gasteiger partial charge in [0.25, 0.3) is 0 Å². The standard InChI is InChI=1S/C24H36O4/c1-15(6-11-23(27)28)20-9-10-21-17(5-4-12-24(20,21)3)7-8-18-13-19(25)14-22(26)16(18)2/h7-8,15,19-22,25-26H,2,4-6,9-14H2,1,3H3,(H,27,28)/b17-7+,18-8+/t15-,19-,20-,21+,22+,24-/m1/s1. The summed E-state index contributed by atoms with van der Waals surface area (Å²) in [6.07, 6.45) is 11.0. The van der Waals surface area contributed by atoms with Crippen molar-refractivity contribution in [2.24, 2.45) is 23.2 Å². The molecule has 0 unspecified atom stereocenters. The van der Waals surface area contributed by atoms with Gasteiger partial charge in [0.05, 0.1) is 12.2 Å². The summed E-state index contributed by atoms with van der Waals surface area (Å²) >= 11 is 0. The minimum Gasteiger partial charge on any atom is -0.481 e. The van der Waals surface area contributed by atoms with E-state index in [0.717, 1.165) is 24.0 Å². The van der Waals surface area contributed by atoms with Crippen molar-refractivity contribution in [3.05, 3.63) is 35.5 Å². The molecule has 4 nitrogen and oxygen atoms in total. The van der Waals surface area contributed by atoms with Gasteiger partial charge in [-0.15, -0.1) is 0 Å². The zero-order valence-electron chi connectivity index (χ0n) is 17.4. The number of carboxylic acid groups (broad SMARTS) is 1. The van der Waals surface area contributed by atoms with E-state index in [1.807, 2.05) is 0 Å². The highest BCUT2D eigenvalue weighted by molar-refractivity contribution is 5.66. The number of aliphatic hydroxyl groups excluding tert-OH is 2. The summed E-state index contributed by atoms with van der Waals surface area (Å²) in [6, 6.07) is 0. The number of aliphatic carboxylic acids is 1. The fourth-order valence-electron chi connectivity index (χ4n) is 6.23. The first-order chi connectivity index (χ1) is 13.2. The van der Waals surface area contributed by atoms with Crippen molar-refractivity contribution in [1.29, 1.82) is 0 Å². The van der Waals surface area contributed by atoms with Gasteiger partial charge in [0.15, 0.2) is 0 Å². The van der Waals surface area contributed by atoms with Gasteiger partial charge < -0.3 is 15.3 Å². The van der Waals surface area contributed by atoms with Crippen LogP contribution in [-0.2, 0) is 4.79 Å². The topological polar surface area (TPSA) is 77.8 Å². The van der Waals surface area contributed by atoms with Crippen molar-refractivity contribution in [3.8, 4) is 0 Å². The molecule has 3 fully saturated rings. The van der Waals surface area contributed by atoms with Crippen LogP contribution in [0, 0.1) is 23.2 Å². The molecule has 0 aromatic rings. The maximum absolute atomic E-state index is 11.0. The summed E-state index contributed by atoms with van der Waals surface area (Å²) in [5.74, 6) is 0.885. The van der Waals surface area contributed by atoms with E-state index in [9.17, 15) is 15.0 Å². The van der Waals surface area contributed by atoms with Crippen molar-refractivity contribution in [1.82, 2.24) is 0 Å². The molecule has 4 heteroatoms. The van der Waals surface area contributed by atoms with Crippen molar-refractivity contribution in [2.45, 2.75) is 83.8 Å². The molecule has 3 N–H and O–H groups in total. The van der Waals surface area contributed by atoms with Crippen LogP contribution >= 0.6 is 0 Å². The Bertz CT molecular complexity index is 676. The van der Waals surface area contributed by atoms with Gasteiger partial charge in [-0.2, -0.15) is 0 Å². The van der Waals surface area contributed by atoms with E-state index in [1.54, 1.807) is 0 Å². The number of hydrogen-bond acceptors (Lipinski definition) is 3. The van der Waals surface area contributed by atoms with Crippen LogP contribution in [0.2, 0.25) is 0 Å². The minimum atomic E-state index is -0.695. The second-order valence-corrected chi connectivity index (χ2v) is 9.57.